The Morgan fingerprint density at radius 1 is 1.45 bits per heavy atom. The number of anilines is 1. The molecule has 1 aliphatic rings. The van der Waals surface area contributed by atoms with E-state index in [0.717, 1.165) is 35.5 Å². The fourth-order valence-corrected chi connectivity index (χ4v) is 2.89. The second-order valence-corrected chi connectivity index (χ2v) is 5.72. The Labute approximate surface area is 134 Å². The third-order valence-electron chi connectivity index (χ3n) is 3.70. The summed E-state index contributed by atoms with van der Waals surface area (Å²) in [5.41, 5.74) is 2.23. The highest BCUT2D eigenvalue weighted by Crippen LogP contribution is 2.26. The number of aromatic nitrogens is 3. The minimum Gasteiger partial charge on any atom is -0.320 e. The molecule has 0 aliphatic carbocycles. The zero-order chi connectivity index (χ0) is 15.5. The highest BCUT2D eigenvalue weighted by Gasteiger charge is 2.22. The molecule has 0 bridgehead atoms. The van der Waals surface area contributed by atoms with E-state index in [1.807, 2.05) is 18.2 Å². The minimum atomic E-state index is -0.181. The van der Waals surface area contributed by atoms with Gasteiger partial charge in [0.25, 0.3) is 0 Å². The lowest BCUT2D eigenvalue weighted by Gasteiger charge is -2.29. The molecule has 0 spiro atoms. The van der Waals surface area contributed by atoms with Crippen LogP contribution in [0.1, 0.15) is 24.5 Å². The fraction of sp³-hybridized carbons (Fsp3) is 0.400. The molecule has 7 heteroatoms. The van der Waals surface area contributed by atoms with Gasteiger partial charge in [0.05, 0.1) is 0 Å². The van der Waals surface area contributed by atoms with Gasteiger partial charge in [-0.05, 0) is 30.0 Å². The van der Waals surface area contributed by atoms with E-state index in [2.05, 4.69) is 22.3 Å². The Morgan fingerprint density at radius 3 is 3.14 bits per heavy atom. The largest absolute Gasteiger partial charge is 0.324 e. The first kappa shape index (κ1) is 14.8. The number of carbonyl (C=O) groups excluding carboxylic acids is 1. The van der Waals surface area contributed by atoms with Crippen LogP contribution in [0, 0.1) is 0 Å². The summed E-state index contributed by atoms with van der Waals surface area (Å²) in [5, 5.41) is 7.74. The zero-order valence-electron chi connectivity index (χ0n) is 12.4. The Hall–Kier alpha value is -2.08. The summed E-state index contributed by atoms with van der Waals surface area (Å²) in [7, 11) is 0. The van der Waals surface area contributed by atoms with Crippen LogP contribution < -0.4 is 5.32 Å². The molecule has 6 nitrogen and oxygen atoms in total. The Kier molecular flexibility index (Phi) is 4.29. The van der Waals surface area contributed by atoms with Gasteiger partial charge in [-0.15, -0.1) is 5.10 Å². The van der Waals surface area contributed by atoms with Crippen LogP contribution in [0.5, 0.6) is 0 Å². The number of amides is 2. The van der Waals surface area contributed by atoms with E-state index >= 15 is 0 Å². The van der Waals surface area contributed by atoms with Crippen LogP contribution >= 0.6 is 11.6 Å². The minimum absolute atomic E-state index is 0.181. The molecule has 3 rings (SSSR count). The van der Waals surface area contributed by atoms with E-state index in [0.29, 0.717) is 19.0 Å². The average molecular weight is 320 g/mol. The van der Waals surface area contributed by atoms with Gasteiger partial charge < -0.3 is 4.90 Å². The maximum atomic E-state index is 12.3. The van der Waals surface area contributed by atoms with Crippen molar-refractivity contribution in [2.45, 2.75) is 32.9 Å². The highest BCUT2D eigenvalue weighted by atomic mass is 35.5. The lowest BCUT2D eigenvalue weighted by Crippen LogP contribution is -2.39. The summed E-state index contributed by atoms with van der Waals surface area (Å²) in [6, 6.07) is 5.63. The molecule has 1 N–H and O–H groups in total. The number of rotatable bonds is 3. The molecule has 1 aromatic heterocycles. The Bertz CT molecular complexity index is 684. The van der Waals surface area contributed by atoms with Crippen molar-refractivity contribution >= 4 is 23.6 Å². The van der Waals surface area contributed by atoms with Gasteiger partial charge in [0, 0.05) is 24.7 Å². The number of benzene rings is 1. The number of fused-ring (bicyclic) bond motifs is 1. The van der Waals surface area contributed by atoms with Gasteiger partial charge in [0.1, 0.15) is 6.33 Å². The van der Waals surface area contributed by atoms with Crippen LogP contribution in [-0.4, -0.2) is 32.2 Å². The van der Waals surface area contributed by atoms with Crippen molar-refractivity contribution in [3.05, 3.63) is 40.7 Å². The number of nitrogens with one attached hydrogen (secondary N) is 1. The van der Waals surface area contributed by atoms with Crippen LogP contribution in [0.3, 0.4) is 0 Å². The van der Waals surface area contributed by atoms with Crippen molar-refractivity contribution in [2.75, 3.05) is 11.9 Å². The van der Waals surface area contributed by atoms with E-state index in [-0.39, 0.29) is 6.03 Å². The molecule has 0 atom stereocenters. The van der Waals surface area contributed by atoms with Gasteiger partial charge in [-0.25, -0.2) is 9.78 Å². The lowest BCUT2D eigenvalue weighted by molar-refractivity contribution is 0.206. The van der Waals surface area contributed by atoms with E-state index in [1.54, 1.807) is 15.9 Å². The molecular formula is C15H18ClN5O. The third kappa shape index (κ3) is 3.06. The predicted molar refractivity (Wildman–Crippen MR) is 84.9 cm³/mol. The quantitative estimate of drug-likeness (QED) is 0.946. The SMILES string of the molecule is CCCn1cnc(NC(=O)N2CCc3c(Cl)cccc3C2)n1. The number of halogens is 1. The first-order valence-corrected chi connectivity index (χ1v) is 7.77. The average Bonchev–Trinajstić information content (AvgIpc) is 2.95. The number of nitrogens with zero attached hydrogens (tertiary/aromatic N) is 4. The summed E-state index contributed by atoms with van der Waals surface area (Å²) in [5.74, 6) is 0.343. The van der Waals surface area contributed by atoms with Gasteiger partial charge in [-0.2, -0.15) is 0 Å². The molecule has 0 radical (unpaired) electrons. The summed E-state index contributed by atoms with van der Waals surface area (Å²) in [4.78, 5) is 18.2. The first-order chi connectivity index (χ1) is 10.7. The monoisotopic (exact) mass is 319 g/mol. The predicted octanol–water partition coefficient (Wildman–Crippen LogP) is 2.93. The molecule has 116 valence electrons. The Morgan fingerprint density at radius 2 is 2.32 bits per heavy atom. The summed E-state index contributed by atoms with van der Waals surface area (Å²) in [6.07, 6.45) is 3.37. The van der Waals surface area contributed by atoms with Crippen LogP contribution in [0.25, 0.3) is 0 Å². The third-order valence-corrected chi connectivity index (χ3v) is 4.06. The second kappa shape index (κ2) is 6.36. The normalized spacial score (nSPS) is 13.8. The van der Waals surface area contributed by atoms with Gasteiger partial charge in [-0.1, -0.05) is 30.7 Å². The molecule has 1 aliphatic heterocycles. The number of carbonyl (C=O) groups is 1. The first-order valence-electron chi connectivity index (χ1n) is 7.39. The summed E-state index contributed by atoms with van der Waals surface area (Å²) in [6.45, 7) is 4.05. The van der Waals surface area contributed by atoms with Crippen LogP contribution in [0.15, 0.2) is 24.5 Å². The Balaban J connectivity index is 1.66. The summed E-state index contributed by atoms with van der Waals surface area (Å²) < 4.78 is 1.72. The summed E-state index contributed by atoms with van der Waals surface area (Å²) >= 11 is 6.19. The van der Waals surface area contributed by atoms with Crippen molar-refractivity contribution < 1.29 is 4.79 Å². The van der Waals surface area contributed by atoms with Crippen LogP contribution in [0.2, 0.25) is 5.02 Å². The van der Waals surface area contributed by atoms with Gasteiger partial charge in [-0.3, -0.25) is 10.00 Å². The van der Waals surface area contributed by atoms with Gasteiger partial charge >= 0.3 is 6.03 Å². The maximum absolute atomic E-state index is 12.3. The van der Waals surface area contributed by atoms with Crippen molar-refractivity contribution in [3.63, 3.8) is 0 Å². The van der Waals surface area contributed by atoms with Crippen molar-refractivity contribution in [3.8, 4) is 0 Å². The molecule has 0 unspecified atom stereocenters. The molecule has 0 saturated carbocycles. The lowest BCUT2D eigenvalue weighted by atomic mass is 10.00. The molecule has 1 aromatic carbocycles. The zero-order valence-corrected chi connectivity index (χ0v) is 13.2. The topological polar surface area (TPSA) is 63.1 Å². The van der Waals surface area contributed by atoms with E-state index in [9.17, 15) is 4.79 Å². The van der Waals surface area contributed by atoms with Gasteiger partial charge in [0.2, 0.25) is 5.95 Å². The molecule has 0 fully saturated rings. The number of hydrogen-bond acceptors (Lipinski definition) is 3. The molecular weight excluding hydrogens is 302 g/mol. The molecule has 2 amide bonds. The molecule has 22 heavy (non-hydrogen) atoms. The van der Waals surface area contributed by atoms with Gasteiger partial charge in [0.15, 0.2) is 0 Å². The number of aryl methyl sites for hydroxylation is 1. The van der Waals surface area contributed by atoms with Crippen LogP contribution in [-0.2, 0) is 19.5 Å². The van der Waals surface area contributed by atoms with E-state index in [1.165, 1.54) is 0 Å². The molecule has 0 saturated heterocycles. The van der Waals surface area contributed by atoms with Crippen molar-refractivity contribution in [1.29, 1.82) is 0 Å². The van der Waals surface area contributed by atoms with Crippen LogP contribution in [0.4, 0.5) is 10.7 Å². The van der Waals surface area contributed by atoms with E-state index < -0.39 is 0 Å². The second-order valence-electron chi connectivity index (χ2n) is 5.31. The van der Waals surface area contributed by atoms with Crippen molar-refractivity contribution in [1.82, 2.24) is 19.7 Å². The standard InChI is InChI=1S/C15H18ClN5O/c1-2-7-21-10-17-14(19-21)18-15(22)20-8-6-12-11(9-20)4-3-5-13(12)16/h3-5,10H,2,6-9H2,1H3,(H,18,19,22). The fourth-order valence-electron chi connectivity index (χ4n) is 2.60. The van der Waals surface area contributed by atoms with Crippen molar-refractivity contribution in [2.24, 2.45) is 0 Å². The molecule has 2 heterocycles. The maximum Gasteiger partial charge on any atom is 0.324 e. The molecule has 2 aromatic rings. The number of urea groups is 1. The van der Waals surface area contributed by atoms with E-state index in [4.69, 9.17) is 11.6 Å². The number of hydrogen-bond donors (Lipinski definition) is 1. The smallest absolute Gasteiger partial charge is 0.320 e. The highest BCUT2D eigenvalue weighted by molar-refractivity contribution is 6.31.